The zero-order valence-electron chi connectivity index (χ0n) is 9.79. The molecule has 2 rings (SSSR count). The average molecular weight is 451 g/mol. The Balaban J connectivity index is 2.18. The molecule has 0 bridgehead atoms. The summed E-state index contributed by atoms with van der Waals surface area (Å²) < 4.78 is 1.02. The Morgan fingerprint density at radius 2 is 1.89 bits per heavy atom. The van der Waals surface area contributed by atoms with Gasteiger partial charge in [0.15, 0.2) is 0 Å². The van der Waals surface area contributed by atoms with Crippen LogP contribution in [0.4, 0.5) is 5.69 Å². The van der Waals surface area contributed by atoms with Crippen LogP contribution in [-0.2, 0) is 5.33 Å². The molecule has 2 aromatic rings. The molecule has 0 aliphatic carbocycles. The van der Waals surface area contributed by atoms with E-state index in [0.717, 1.165) is 14.5 Å². The highest BCUT2D eigenvalue weighted by Gasteiger charge is 2.08. The number of rotatable bonds is 3. The topological polar surface area (TPSA) is 29.1 Å². The molecular formula is C14H10BrClINO. The zero-order chi connectivity index (χ0) is 13.8. The molecule has 5 heteroatoms. The second-order valence-electron chi connectivity index (χ2n) is 3.91. The van der Waals surface area contributed by atoms with Crippen molar-refractivity contribution in [3.8, 4) is 0 Å². The monoisotopic (exact) mass is 449 g/mol. The third kappa shape index (κ3) is 3.94. The van der Waals surface area contributed by atoms with Gasteiger partial charge in [-0.2, -0.15) is 0 Å². The molecule has 0 saturated heterocycles. The number of hydrogen-bond acceptors (Lipinski definition) is 1. The molecule has 0 saturated carbocycles. The molecule has 0 aromatic heterocycles. The highest BCUT2D eigenvalue weighted by Crippen LogP contribution is 2.24. The van der Waals surface area contributed by atoms with Gasteiger partial charge in [0.2, 0.25) is 0 Å². The molecule has 0 radical (unpaired) electrons. The first-order valence-electron chi connectivity index (χ1n) is 5.51. The molecule has 0 heterocycles. The summed E-state index contributed by atoms with van der Waals surface area (Å²) in [5, 5.41) is 4.13. The number of carbonyl (C=O) groups excluding carboxylic acids is 1. The number of nitrogens with one attached hydrogen (secondary N) is 1. The quantitative estimate of drug-likeness (QED) is 0.512. The number of hydrogen-bond donors (Lipinski definition) is 1. The molecule has 0 spiro atoms. The Bertz CT molecular complexity index is 601. The second kappa shape index (κ2) is 6.72. The molecule has 1 amide bonds. The van der Waals surface area contributed by atoms with Crippen LogP contribution in [-0.4, -0.2) is 5.91 Å². The van der Waals surface area contributed by atoms with Crippen molar-refractivity contribution in [3.05, 3.63) is 62.2 Å². The van der Waals surface area contributed by atoms with Crippen molar-refractivity contribution in [2.45, 2.75) is 5.33 Å². The lowest BCUT2D eigenvalue weighted by Crippen LogP contribution is -2.12. The molecule has 1 N–H and O–H groups in total. The van der Waals surface area contributed by atoms with Crippen LogP contribution in [0.5, 0.6) is 0 Å². The maximum Gasteiger partial charge on any atom is 0.255 e. The van der Waals surface area contributed by atoms with Crippen LogP contribution in [0.3, 0.4) is 0 Å². The van der Waals surface area contributed by atoms with E-state index < -0.39 is 0 Å². The van der Waals surface area contributed by atoms with E-state index in [4.69, 9.17) is 11.6 Å². The minimum atomic E-state index is -0.162. The Kier molecular flexibility index (Phi) is 5.24. The second-order valence-corrected chi connectivity index (χ2v) is 6.12. The predicted octanol–water partition coefficient (Wildman–Crippen LogP) is 5.09. The SMILES string of the molecule is O=C(Nc1cc(I)ccc1Cl)c1ccc(CBr)cc1. The first-order valence-corrected chi connectivity index (χ1v) is 8.09. The van der Waals surface area contributed by atoms with Gasteiger partial charge in [-0.3, -0.25) is 4.79 Å². The van der Waals surface area contributed by atoms with Crippen LogP contribution >= 0.6 is 50.1 Å². The van der Waals surface area contributed by atoms with E-state index in [1.54, 1.807) is 18.2 Å². The summed E-state index contributed by atoms with van der Waals surface area (Å²) in [5.74, 6) is -0.162. The summed E-state index contributed by atoms with van der Waals surface area (Å²) in [5.41, 5.74) is 2.37. The highest BCUT2D eigenvalue weighted by atomic mass is 127. The van der Waals surface area contributed by atoms with Crippen molar-refractivity contribution >= 4 is 61.7 Å². The van der Waals surface area contributed by atoms with Gasteiger partial charge >= 0.3 is 0 Å². The minimum absolute atomic E-state index is 0.162. The molecule has 0 atom stereocenters. The predicted molar refractivity (Wildman–Crippen MR) is 91.2 cm³/mol. The fourth-order valence-corrected chi connectivity index (χ4v) is 2.56. The summed E-state index contributed by atoms with van der Waals surface area (Å²) in [7, 11) is 0. The summed E-state index contributed by atoms with van der Waals surface area (Å²) in [6.07, 6.45) is 0. The average Bonchev–Trinajstić information content (AvgIpc) is 2.43. The normalized spacial score (nSPS) is 10.3. The fraction of sp³-hybridized carbons (Fsp3) is 0.0714. The maximum atomic E-state index is 12.1. The zero-order valence-corrected chi connectivity index (χ0v) is 14.3. The third-order valence-corrected chi connectivity index (χ3v) is 4.20. The molecule has 2 nitrogen and oxygen atoms in total. The van der Waals surface area contributed by atoms with E-state index in [9.17, 15) is 4.79 Å². The largest absolute Gasteiger partial charge is 0.321 e. The van der Waals surface area contributed by atoms with Crippen molar-refractivity contribution in [3.63, 3.8) is 0 Å². The number of halogens is 3. The van der Waals surface area contributed by atoms with Crippen molar-refractivity contribution in [2.75, 3.05) is 5.32 Å². The van der Waals surface area contributed by atoms with Crippen LogP contribution in [0.1, 0.15) is 15.9 Å². The van der Waals surface area contributed by atoms with Gasteiger partial charge in [0.1, 0.15) is 0 Å². The van der Waals surface area contributed by atoms with E-state index in [1.165, 1.54) is 0 Å². The highest BCUT2D eigenvalue weighted by molar-refractivity contribution is 14.1. The standard InChI is InChI=1S/C14H10BrClINO/c15-8-9-1-3-10(4-2-9)14(19)18-13-7-11(17)5-6-12(13)16/h1-7H,8H2,(H,18,19). The Morgan fingerprint density at radius 3 is 2.53 bits per heavy atom. The minimum Gasteiger partial charge on any atom is -0.321 e. The number of amides is 1. The van der Waals surface area contributed by atoms with Gasteiger partial charge in [-0.15, -0.1) is 0 Å². The maximum absolute atomic E-state index is 12.1. The third-order valence-electron chi connectivity index (χ3n) is 2.55. The Morgan fingerprint density at radius 1 is 1.21 bits per heavy atom. The van der Waals surface area contributed by atoms with Crippen molar-refractivity contribution < 1.29 is 4.79 Å². The summed E-state index contributed by atoms with van der Waals surface area (Å²) in [6.45, 7) is 0. The first-order chi connectivity index (χ1) is 9.10. The van der Waals surface area contributed by atoms with E-state index in [-0.39, 0.29) is 5.91 Å². The van der Waals surface area contributed by atoms with Gasteiger partial charge in [0, 0.05) is 14.5 Å². The lowest BCUT2D eigenvalue weighted by Gasteiger charge is -2.08. The van der Waals surface area contributed by atoms with Gasteiger partial charge in [0.05, 0.1) is 10.7 Å². The van der Waals surface area contributed by atoms with Gasteiger partial charge in [-0.25, -0.2) is 0 Å². The van der Waals surface area contributed by atoms with Gasteiger partial charge in [0.25, 0.3) is 5.91 Å². The molecular weight excluding hydrogens is 440 g/mol. The summed E-state index contributed by atoms with van der Waals surface area (Å²) in [6, 6.07) is 12.9. The van der Waals surface area contributed by atoms with E-state index in [0.29, 0.717) is 16.3 Å². The van der Waals surface area contributed by atoms with E-state index in [2.05, 4.69) is 43.8 Å². The van der Waals surface area contributed by atoms with Crippen LogP contribution in [0.25, 0.3) is 0 Å². The molecule has 2 aromatic carbocycles. The number of alkyl halides is 1. The molecule has 0 unspecified atom stereocenters. The van der Waals surface area contributed by atoms with Crippen molar-refractivity contribution in [1.82, 2.24) is 0 Å². The number of anilines is 1. The summed E-state index contributed by atoms with van der Waals surface area (Å²) >= 11 is 11.6. The number of carbonyl (C=O) groups is 1. The van der Waals surface area contributed by atoms with Crippen molar-refractivity contribution in [1.29, 1.82) is 0 Å². The smallest absolute Gasteiger partial charge is 0.255 e. The van der Waals surface area contributed by atoms with Gasteiger partial charge in [-0.1, -0.05) is 39.7 Å². The molecule has 0 aliphatic rings. The molecule has 0 aliphatic heterocycles. The van der Waals surface area contributed by atoms with Crippen LogP contribution < -0.4 is 5.32 Å². The van der Waals surface area contributed by atoms with E-state index >= 15 is 0 Å². The lowest BCUT2D eigenvalue weighted by atomic mass is 10.1. The van der Waals surface area contributed by atoms with Gasteiger partial charge in [-0.05, 0) is 58.5 Å². The van der Waals surface area contributed by atoms with Crippen LogP contribution in [0.2, 0.25) is 5.02 Å². The fourth-order valence-electron chi connectivity index (χ4n) is 1.53. The van der Waals surface area contributed by atoms with Crippen LogP contribution in [0.15, 0.2) is 42.5 Å². The Hall–Kier alpha value is -0.590. The molecule has 0 fully saturated rings. The molecule has 98 valence electrons. The molecule has 19 heavy (non-hydrogen) atoms. The van der Waals surface area contributed by atoms with Crippen LogP contribution in [0, 0.1) is 3.57 Å². The first kappa shape index (κ1) is 14.8. The number of benzene rings is 2. The van der Waals surface area contributed by atoms with Crippen molar-refractivity contribution in [2.24, 2.45) is 0 Å². The van der Waals surface area contributed by atoms with E-state index in [1.807, 2.05) is 24.3 Å². The Labute approximate surface area is 138 Å². The lowest BCUT2D eigenvalue weighted by molar-refractivity contribution is 0.102. The van der Waals surface area contributed by atoms with Gasteiger partial charge < -0.3 is 5.32 Å². The summed E-state index contributed by atoms with van der Waals surface area (Å²) in [4.78, 5) is 12.1.